The van der Waals surface area contributed by atoms with Crippen LogP contribution in [0.3, 0.4) is 0 Å². The number of nitrogens with one attached hydrogen (secondary N) is 1. The number of anilines is 2. The number of para-hydroxylation sites is 1. The molecule has 7 heteroatoms. The summed E-state index contributed by atoms with van der Waals surface area (Å²) < 4.78 is 0. The van der Waals surface area contributed by atoms with Crippen molar-refractivity contribution in [2.24, 2.45) is 0 Å². The topological polar surface area (TPSA) is 49.4 Å². The molecule has 0 aliphatic carbocycles. The lowest BCUT2D eigenvalue weighted by molar-refractivity contribution is -0.115. The fraction of sp³-hybridized carbons (Fsp3) is 0.130. The molecule has 3 aromatic carbocycles. The van der Waals surface area contributed by atoms with Crippen molar-refractivity contribution in [3.05, 3.63) is 87.9 Å². The second kappa shape index (κ2) is 9.13. The van der Waals surface area contributed by atoms with Crippen molar-refractivity contribution in [2.45, 2.75) is 11.3 Å². The summed E-state index contributed by atoms with van der Waals surface area (Å²) in [6.07, 6.45) is 0.609. The molecule has 0 atom stereocenters. The van der Waals surface area contributed by atoms with E-state index in [-0.39, 0.29) is 11.8 Å². The molecule has 1 heterocycles. The molecule has 0 radical (unpaired) electrons. The third kappa shape index (κ3) is 4.33. The average Bonchev–Trinajstić information content (AvgIpc) is 2.75. The summed E-state index contributed by atoms with van der Waals surface area (Å²) in [7, 11) is 0. The fourth-order valence-corrected chi connectivity index (χ4v) is 4.64. The Balaban J connectivity index is 1.54. The van der Waals surface area contributed by atoms with Gasteiger partial charge in [-0.2, -0.15) is 0 Å². The van der Waals surface area contributed by atoms with E-state index in [9.17, 15) is 9.59 Å². The highest BCUT2D eigenvalue weighted by atomic mass is 35.5. The number of carbonyl (C=O) groups excluding carboxylic acids is 2. The lowest BCUT2D eigenvalue weighted by Gasteiger charge is -2.29. The summed E-state index contributed by atoms with van der Waals surface area (Å²) in [6.45, 7) is 0.422. The molecular weight excluding hydrogens is 439 g/mol. The van der Waals surface area contributed by atoms with Crippen LogP contribution in [0.4, 0.5) is 11.4 Å². The van der Waals surface area contributed by atoms with Crippen molar-refractivity contribution in [3.8, 4) is 0 Å². The van der Waals surface area contributed by atoms with Gasteiger partial charge in [0, 0.05) is 22.2 Å². The SMILES string of the molecule is O=C(NCCc1ccccc1Cl)c1cc(N2C(=O)CSc3ccccc32)ccc1Cl. The van der Waals surface area contributed by atoms with Gasteiger partial charge in [-0.05, 0) is 48.4 Å². The Hall–Kier alpha value is -2.47. The molecule has 0 fully saturated rings. The molecule has 0 unspecified atom stereocenters. The number of halogens is 2. The zero-order valence-electron chi connectivity index (χ0n) is 15.9. The normalized spacial score (nSPS) is 13.1. The summed E-state index contributed by atoms with van der Waals surface area (Å²) in [6, 6.07) is 20.3. The van der Waals surface area contributed by atoms with Crippen LogP contribution in [0.1, 0.15) is 15.9 Å². The first-order valence-electron chi connectivity index (χ1n) is 9.40. The number of hydrogen-bond acceptors (Lipinski definition) is 3. The van der Waals surface area contributed by atoms with E-state index < -0.39 is 0 Å². The van der Waals surface area contributed by atoms with Gasteiger partial charge in [0.15, 0.2) is 0 Å². The maximum atomic E-state index is 12.8. The first kappa shape index (κ1) is 20.8. The van der Waals surface area contributed by atoms with Crippen molar-refractivity contribution >= 4 is 58.2 Å². The van der Waals surface area contributed by atoms with Crippen LogP contribution in [-0.2, 0) is 11.2 Å². The molecule has 1 N–H and O–H groups in total. The van der Waals surface area contributed by atoms with E-state index >= 15 is 0 Å². The smallest absolute Gasteiger partial charge is 0.252 e. The Morgan fingerprint density at radius 3 is 2.60 bits per heavy atom. The molecule has 0 saturated carbocycles. The minimum absolute atomic E-state index is 0.0360. The van der Waals surface area contributed by atoms with E-state index in [1.54, 1.807) is 23.1 Å². The molecule has 1 aliphatic heterocycles. The fourth-order valence-electron chi connectivity index (χ4n) is 3.32. The summed E-state index contributed by atoms with van der Waals surface area (Å²) in [4.78, 5) is 28.1. The van der Waals surface area contributed by atoms with E-state index in [1.807, 2.05) is 48.5 Å². The van der Waals surface area contributed by atoms with Crippen LogP contribution in [0, 0.1) is 0 Å². The third-order valence-electron chi connectivity index (χ3n) is 4.80. The first-order chi connectivity index (χ1) is 14.5. The Bertz CT molecular complexity index is 1120. The highest BCUT2D eigenvalue weighted by Gasteiger charge is 2.26. The Labute approximate surface area is 189 Å². The van der Waals surface area contributed by atoms with Gasteiger partial charge in [0.1, 0.15) is 0 Å². The molecule has 152 valence electrons. The molecule has 0 spiro atoms. The van der Waals surface area contributed by atoms with Gasteiger partial charge in [-0.3, -0.25) is 14.5 Å². The molecule has 1 aliphatic rings. The zero-order chi connectivity index (χ0) is 21.1. The number of rotatable bonds is 5. The largest absolute Gasteiger partial charge is 0.352 e. The Morgan fingerprint density at radius 1 is 1.00 bits per heavy atom. The van der Waals surface area contributed by atoms with Crippen molar-refractivity contribution < 1.29 is 9.59 Å². The summed E-state index contributed by atoms with van der Waals surface area (Å²) >= 11 is 14.0. The first-order valence-corrected chi connectivity index (χ1v) is 11.1. The van der Waals surface area contributed by atoms with Crippen LogP contribution in [-0.4, -0.2) is 24.1 Å². The summed E-state index contributed by atoms with van der Waals surface area (Å²) in [5.41, 5.74) is 2.73. The predicted molar refractivity (Wildman–Crippen MR) is 123 cm³/mol. The van der Waals surface area contributed by atoms with Crippen LogP contribution in [0.15, 0.2) is 71.6 Å². The second-order valence-corrected chi connectivity index (χ2v) is 8.58. The van der Waals surface area contributed by atoms with E-state index in [1.165, 1.54) is 11.8 Å². The van der Waals surface area contributed by atoms with Gasteiger partial charge in [-0.25, -0.2) is 0 Å². The van der Waals surface area contributed by atoms with Crippen LogP contribution < -0.4 is 10.2 Å². The van der Waals surface area contributed by atoms with E-state index in [0.717, 1.165) is 16.1 Å². The van der Waals surface area contributed by atoms with Gasteiger partial charge >= 0.3 is 0 Å². The number of amides is 2. The van der Waals surface area contributed by atoms with Crippen LogP contribution >= 0.6 is 35.0 Å². The van der Waals surface area contributed by atoms with Crippen molar-refractivity contribution in [1.82, 2.24) is 5.32 Å². The maximum Gasteiger partial charge on any atom is 0.252 e. The molecule has 2 amide bonds. The second-order valence-electron chi connectivity index (χ2n) is 6.75. The number of fused-ring (bicyclic) bond motifs is 1. The van der Waals surface area contributed by atoms with Crippen molar-refractivity contribution in [2.75, 3.05) is 17.2 Å². The molecule has 0 aromatic heterocycles. The minimum atomic E-state index is -0.291. The maximum absolute atomic E-state index is 12.8. The van der Waals surface area contributed by atoms with Gasteiger partial charge in [-0.1, -0.05) is 53.5 Å². The number of nitrogens with zero attached hydrogens (tertiary/aromatic N) is 1. The summed E-state index contributed by atoms with van der Waals surface area (Å²) in [5.74, 6) is 0.0195. The van der Waals surface area contributed by atoms with Gasteiger partial charge in [0.05, 0.1) is 22.0 Å². The monoisotopic (exact) mass is 456 g/mol. The summed E-state index contributed by atoms with van der Waals surface area (Å²) in [5, 5.41) is 3.89. The molecule has 3 aromatic rings. The van der Waals surface area contributed by atoms with Gasteiger partial charge in [0.25, 0.3) is 5.91 Å². The van der Waals surface area contributed by atoms with E-state index in [2.05, 4.69) is 5.32 Å². The highest BCUT2D eigenvalue weighted by Crippen LogP contribution is 2.40. The van der Waals surface area contributed by atoms with Gasteiger partial charge in [0.2, 0.25) is 5.91 Å². The standard InChI is InChI=1S/C23H18Cl2N2O2S/c24-18-6-2-1-5-15(18)11-12-26-23(29)17-13-16(9-10-19(17)25)27-20-7-3-4-8-21(20)30-14-22(27)28/h1-10,13H,11-12,14H2,(H,26,29). The number of thioether (sulfide) groups is 1. The molecule has 30 heavy (non-hydrogen) atoms. The third-order valence-corrected chi connectivity index (χ3v) is 6.54. The van der Waals surface area contributed by atoms with E-state index in [4.69, 9.17) is 23.2 Å². The van der Waals surface area contributed by atoms with Crippen molar-refractivity contribution in [3.63, 3.8) is 0 Å². The Morgan fingerprint density at radius 2 is 1.77 bits per heavy atom. The lowest BCUT2D eigenvalue weighted by Crippen LogP contribution is -2.31. The number of carbonyl (C=O) groups is 2. The molecular formula is C23H18Cl2N2O2S. The Kier molecular flexibility index (Phi) is 6.32. The van der Waals surface area contributed by atoms with E-state index in [0.29, 0.717) is 40.0 Å². The van der Waals surface area contributed by atoms with Gasteiger partial charge < -0.3 is 5.32 Å². The highest BCUT2D eigenvalue weighted by molar-refractivity contribution is 8.00. The van der Waals surface area contributed by atoms with Crippen LogP contribution in [0.25, 0.3) is 0 Å². The quantitative estimate of drug-likeness (QED) is 0.532. The van der Waals surface area contributed by atoms with Crippen LogP contribution in [0.2, 0.25) is 10.0 Å². The molecule has 4 rings (SSSR count). The number of hydrogen-bond donors (Lipinski definition) is 1. The molecule has 0 bridgehead atoms. The average molecular weight is 457 g/mol. The molecule has 0 saturated heterocycles. The molecule has 4 nitrogen and oxygen atoms in total. The van der Waals surface area contributed by atoms with Crippen LogP contribution in [0.5, 0.6) is 0 Å². The van der Waals surface area contributed by atoms with Crippen molar-refractivity contribution in [1.29, 1.82) is 0 Å². The lowest BCUT2D eigenvalue weighted by atomic mass is 10.1. The number of benzene rings is 3. The zero-order valence-corrected chi connectivity index (χ0v) is 18.2. The minimum Gasteiger partial charge on any atom is -0.352 e. The predicted octanol–water partition coefficient (Wildman–Crippen LogP) is 5.74. The van der Waals surface area contributed by atoms with Gasteiger partial charge in [-0.15, -0.1) is 11.8 Å².